The van der Waals surface area contributed by atoms with Gasteiger partial charge < -0.3 is 15.8 Å². The molecule has 0 bridgehead atoms. The lowest BCUT2D eigenvalue weighted by Crippen LogP contribution is -2.14. The average molecular weight is 183 g/mol. The van der Waals surface area contributed by atoms with Gasteiger partial charge in [-0.15, -0.1) is 0 Å². The molecule has 6 nitrogen and oxygen atoms in total. The van der Waals surface area contributed by atoms with E-state index in [4.69, 9.17) is 10.5 Å². The maximum atomic E-state index is 5.43. The van der Waals surface area contributed by atoms with Crippen molar-refractivity contribution in [2.75, 3.05) is 18.2 Å². The van der Waals surface area contributed by atoms with Crippen molar-refractivity contribution < 1.29 is 4.74 Å². The van der Waals surface area contributed by atoms with Crippen LogP contribution in [0.25, 0.3) is 0 Å². The molecule has 0 radical (unpaired) electrons. The molecule has 6 heteroatoms. The van der Waals surface area contributed by atoms with Gasteiger partial charge in [0.2, 0.25) is 11.9 Å². The van der Waals surface area contributed by atoms with E-state index in [9.17, 15) is 0 Å². The second-order valence-electron chi connectivity index (χ2n) is 2.80. The van der Waals surface area contributed by atoms with Crippen molar-refractivity contribution in [2.24, 2.45) is 0 Å². The number of aromatic nitrogens is 3. The lowest BCUT2D eigenvalue weighted by atomic mass is 10.4. The van der Waals surface area contributed by atoms with Crippen molar-refractivity contribution in [3.8, 4) is 6.01 Å². The van der Waals surface area contributed by atoms with Crippen LogP contribution in [0, 0.1) is 0 Å². The van der Waals surface area contributed by atoms with Crippen LogP contribution in [-0.4, -0.2) is 28.1 Å². The molecule has 0 saturated carbocycles. The van der Waals surface area contributed by atoms with Crippen LogP contribution in [0.4, 0.5) is 11.9 Å². The number of nitrogens with two attached hydrogens (primary N) is 1. The maximum Gasteiger partial charge on any atom is 0.322 e. The first-order valence-electron chi connectivity index (χ1n) is 3.94. The molecule has 72 valence electrons. The highest BCUT2D eigenvalue weighted by Gasteiger charge is 2.04. The summed E-state index contributed by atoms with van der Waals surface area (Å²) in [7, 11) is 1.48. The number of ether oxygens (including phenoxy) is 1. The molecule has 0 atom stereocenters. The van der Waals surface area contributed by atoms with Crippen molar-refractivity contribution in [3.05, 3.63) is 0 Å². The van der Waals surface area contributed by atoms with Gasteiger partial charge in [0.15, 0.2) is 0 Å². The Hall–Kier alpha value is -1.59. The number of rotatable bonds is 3. The second kappa shape index (κ2) is 3.88. The van der Waals surface area contributed by atoms with Crippen molar-refractivity contribution in [1.82, 2.24) is 15.0 Å². The highest BCUT2D eigenvalue weighted by atomic mass is 16.5. The number of nitrogens with zero attached hydrogens (tertiary/aromatic N) is 3. The Labute approximate surface area is 76.6 Å². The molecule has 3 N–H and O–H groups in total. The molecule has 0 aromatic carbocycles. The number of nitrogen functional groups attached to an aromatic ring is 1. The third-order valence-corrected chi connectivity index (χ3v) is 1.23. The maximum absolute atomic E-state index is 5.43. The zero-order chi connectivity index (χ0) is 9.84. The summed E-state index contributed by atoms with van der Waals surface area (Å²) in [4.78, 5) is 11.6. The van der Waals surface area contributed by atoms with Gasteiger partial charge in [-0.3, -0.25) is 0 Å². The van der Waals surface area contributed by atoms with E-state index in [0.29, 0.717) is 5.95 Å². The Morgan fingerprint density at radius 2 is 2.00 bits per heavy atom. The Morgan fingerprint density at radius 3 is 2.54 bits per heavy atom. The van der Waals surface area contributed by atoms with Crippen molar-refractivity contribution >= 4 is 11.9 Å². The zero-order valence-corrected chi connectivity index (χ0v) is 7.90. The van der Waals surface area contributed by atoms with E-state index < -0.39 is 0 Å². The third-order valence-electron chi connectivity index (χ3n) is 1.23. The number of methoxy groups -OCH3 is 1. The number of hydrogen-bond donors (Lipinski definition) is 2. The fourth-order valence-corrected chi connectivity index (χ4v) is 0.786. The van der Waals surface area contributed by atoms with Gasteiger partial charge in [-0.05, 0) is 13.8 Å². The minimum absolute atomic E-state index is 0.148. The van der Waals surface area contributed by atoms with Crippen molar-refractivity contribution in [3.63, 3.8) is 0 Å². The first kappa shape index (κ1) is 9.50. The summed E-state index contributed by atoms with van der Waals surface area (Å²) in [6.07, 6.45) is 0. The van der Waals surface area contributed by atoms with Crippen LogP contribution >= 0.6 is 0 Å². The van der Waals surface area contributed by atoms with E-state index in [-0.39, 0.29) is 18.0 Å². The number of nitrogens with one attached hydrogen (secondary N) is 1. The van der Waals surface area contributed by atoms with E-state index in [2.05, 4.69) is 20.3 Å². The van der Waals surface area contributed by atoms with Crippen LogP contribution in [0.3, 0.4) is 0 Å². The van der Waals surface area contributed by atoms with Crippen LogP contribution < -0.4 is 15.8 Å². The summed E-state index contributed by atoms with van der Waals surface area (Å²) in [6, 6.07) is 0.460. The predicted molar refractivity (Wildman–Crippen MR) is 49.6 cm³/mol. The first-order chi connectivity index (χ1) is 6.11. The molecule has 13 heavy (non-hydrogen) atoms. The van der Waals surface area contributed by atoms with Gasteiger partial charge in [0.1, 0.15) is 0 Å². The first-order valence-corrected chi connectivity index (χ1v) is 3.94. The smallest absolute Gasteiger partial charge is 0.322 e. The fourth-order valence-electron chi connectivity index (χ4n) is 0.786. The normalized spacial score (nSPS) is 10.2. The molecule has 1 rings (SSSR count). The zero-order valence-electron chi connectivity index (χ0n) is 7.90. The average Bonchev–Trinajstić information content (AvgIpc) is 2.01. The summed E-state index contributed by atoms with van der Waals surface area (Å²) in [5.41, 5.74) is 5.43. The van der Waals surface area contributed by atoms with E-state index in [0.717, 1.165) is 0 Å². The third kappa shape index (κ3) is 2.73. The van der Waals surface area contributed by atoms with Gasteiger partial charge in [-0.1, -0.05) is 0 Å². The summed E-state index contributed by atoms with van der Waals surface area (Å²) in [6.45, 7) is 3.96. The van der Waals surface area contributed by atoms with E-state index in [1.54, 1.807) is 0 Å². The summed E-state index contributed by atoms with van der Waals surface area (Å²) >= 11 is 0. The topological polar surface area (TPSA) is 86.0 Å². The molecule has 0 aliphatic rings. The lowest BCUT2D eigenvalue weighted by molar-refractivity contribution is 0.379. The molecular weight excluding hydrogens is 170 g/mol. The van der Waals surface area contributed by atoms with E-state index in [1.807, 2.05) is 13.8 Å². The highest BCUT2D eigenvalue weighted by Crippen LogP contribution is 2.08. The van der Waals surface area contributed by atoms with Gasteiger partial charge in [0, 0.05) is 6.04 Å². The minimum Gasteiger partial charge on any atom is -0.467 e. The molecule has 0 fully saturated rings. The van der Waals surface area contributed by atoms with E-state index >= 15 is 0 Å². The minimum atomic E-state index is 0.148. The molecule has 1 aromatic heterocycles. The Morgan fingerprint density at radius 1 is 1.31 bits per heavy atom. The van der Waals surface area contributed by atoms with Gasteiger partial charge in [0.05, 0.1) is 7.11 Å². The molecule has 0 aliphatic heterocycles. The van der Waals surface area contributed by atoms with Crippen LogP contribution in [0.5, 0.6) is 6.01 Å². The molecule has 0 amide bonds. The molecular formula is C7H13N5O. The molecule has 1 aromatic rings. The molecule has 1 heterocycles. The molecule has 0 spiro atoms. The predicted octanol–water partition coefficient (Wildman–Crippen LogP) is 0.283. The van der Waals surface area contributed by atoms with Crippen molar-refractivity contribution in [1.29, 1.82) is 0 Å². The summed E-state index contributed by atoms with van der Waals surface area (Å²) in [5.74, 6) is 0.578. The standard InChI is InChI=1S/C7H13N5O/c1-4(2)9-6-10-5(8)11-7(12-6)13-3/h4H,1-3H3,(H3,8,9,10,11,12). The number of anilines is 2. The highest BCUT2D eigenvalue weighted by molar-refractivity contribution is 5.32. The van der Waals surface area contributed by atoms with Gasteiger partial charge >= 0.3 is 6.01 Å². The van der Waals surface area contributed by atoms with Crippen LogP contribution in [-0.2, 0) is 0 Å². The Kier molecular flexibility index (Phi) is 2.84. The fraction of sp³-hybridized carbons (Fsp3) is 0.571. The second-order valence-corrected chi connectivity index (χ2v) is 2.80. The van der Waals surface area contributed by atoms with Gasteiger partial charge in [-0.25, -0.2) is 0 Å². The molecule has 0 unspecified atom stereocenters. The van der Waals surface area contributed by atoms with E-state index in [1.165, 1.54) is 7.11 Å². The van der Waals surface area contributed by atoms with Crippen LogP contribution in [0.2, 0.25) is 0 Å². The van der Waals surface area contributed by atoms with Gasteiger partial charge in [0.25, 0.3) is 0 Å². The monoisotopic (exact) mass is 183 g/mol. The Bertz CT molecular complexity index is 288. The Balaban J connectivity index is 2.88. The van der Waals surface area contributed by atoms with Gasteiger partial charge in [-0.2, -0.15) is 15.0 Å². The largest absolute Gasteiger partial charge is 0.467 e. The summed E-state index contributed by atoms with van der Waals surface area (Å²) in [5, 5.41) is 3.00. The van der Waals surface area contributed by atoms with Crippen LogP contribution in [0.1, 0.15) is 13.8 Å². The number of hydrogen-bond acceptors (Lipinski definition) is 6. The van der Waals surface area contributed by atoms with Crippen molar-refractivity contribution in [2.45, 2.75) is 19.9 Å². The lowest BCUT2D eigenvalue weighted by Gasteiger charge is -2.08. The molecule has 0 saturated heterocycles. The summed E-state index contributed by atoms with van der Waals surface area (Å²) < 4.78 is 4.84. The SMILES string of the molecule is COc1nc(N)nc(NC(C)C)n1. The molecule has 0 aliphatic carbocycles. The quantitative estimate of drug-likeness (QED) is 0.700. The van der Waals surface area contributed by atoms with Crippen LogP contribution in [0.15, 0.2) is 0 Å².